The molecule has 0 aromatic heterocycles. The van der Waals surface area contributed by atoms with Gasteiger partial charge in [0.1, 0.15) is 0 Å². The predicted octanol–water partition coefficient (Wildman–Crippen LogP) is 2.87. The predicted molar refractivity (Wildman–Crippen MR) is 40.6 cm³/mol. The summed E-state index contributed by atoms with van der Waals surface area (Å²) in [5, 5.41) is 0. The summed E-state index contributed by atoms with van der Waals surface area (Å²) in [6.07, 6.45) is 0. The van der Waals surface area contributed by atoms with E-state index in [2.05, 4.69) is 19.1 Å². The number of nitrogens with zero attached hydrogens (tertiary/aromatic N) is 2. The van der Waals surface area contributed by atoms with Gasteiger partial charge < -0.3 is 0 Å². The fourth-order valence-electron chi connectivity index (χ4n) is 0.534. The van der Waals surface area contributed by atoms with Crippen molar-refractivity contribution in [2.45, 2.75) is 6.92 Å². The lowest BCUT2D eigenvalue weighted by atomic mass is 10.2. The van der Waals surface area contributed by atoms with Crippen LogP contribution >= 0.6 is 0 Å². The van der Waals surface area contributed by atoms with Crippen molar-refractivity contribution in [1.82, 2.24) is 0 Å². The topological polar surface area (TPSA) is 60.3 Å². The minimum absolute atomic E-state index is 1.32. The van der Waals surface area contributed by atoms with Gasteiger partial charge >= 0.3 is 0 Å². The summed E-state index contributed by atoms with van der Waals surface area (Å²) < 4.78 is 0. The first-order chi connectivity index (χ1) is 4.81. The maximum atomic E-state index is 6.86. The van der Waals surface area contributed by atoms with Crippen molar-refractivity contribution in [3.05, 3.63) is 46.3 Å². The summed E-state index contributed by atoms with van der Waals surface area (Å²) >= 11 is 0. The van der Waals surface area contributed by atoms with Gasteiger partial charge in [-0.2, -0.15) is 0 Å². The molecule has 0 saturated carbocycles. The Labute approximate surface area is 59.7 Å². The van der Waals surface area contributed by atoms with Gasteiger partial charge in [-0.05, 0) is 17.4 Å². The lowest BCUT2D eigenvalue weighted by Crippen LogP contribution is -1.62. The average Bonchev–Trinajstić information content (AvgIpc) is 1.91. The molecule has 0 atom stereocenters. The summed E-state index contributed by atoms with van der Waals surface area (Å²) in [7, 11) is 0. The third kappa shape index (κ3) is 4.68. The smallest absolute Gasteiger partial charge is 0.00208 e. The molecule has 10 heavy (non-hydrogen) atoms. The van der Waals surface area contributed by atoms with E-state index in [-0.39, 0.29) is 0 Å². The Morgan fingerprint density at radius 2 is 1.70 bits per heavy atom. The maximum absolute atomic E-state index is 6.86. The summed E-state index contributed by atoms with van der Waals surface area (Å²) in [6, 6.07) is 10.3. The van der Waals surface area contributed by atoms with E-state index in [4.69, 9.17) is 11.1 Å². The molecule has 0 amide bonds. The molecule has 1 rings (SSSR count). The third-order valence-corrected chi connectivity index (χ3v) is 0.940. The van der Waals surface area contributed by atoms with Crippen LogP contribution in [0, 0.1) is 12.5 Å². The normalized spacial score (nSPS) is 6.90. The van der Waals surface area contributed by atoms with Gasteiger partial charge in [0, 0.05) is 0 Å². The van der Waals surface area contributed by atoms with Crippen molar-refractivity contribution >= 4 is 0 Å². The molecule has 3 nitrogen and oxygen atoms in total. The van der Waals surface area contributed by atoms with Gasteiger partial charge in [-0.15, -0.1) is 5.53 Å². The van der Waals surface area contributed by atoms with Crippen molar-refractivity contribution in [2.75, 3.05) is 0 Å². The molecule has 1 aromatic rings. The molecule has 0 aliphatic heterocycles. The molecule has 0 aliphatic rings. The Hall–Kier alpha value is -1.47. The average molecular weight is 135 g/mol. The molecule has 0 aliphatic carbocycles. The highest BCUT2D eigenvalue weighted by molar-refractivity contribution is 5.11. The van der Waals surface area contributed by atoms with Crippen molar-refractivity contribution in [3.8, 4) is 0 Å². The summed E-state index contributed by atoms with van der Waals surface area (Å²) in [4.78, 5) is 1.75. The molecule has 3 heteroatoms. The number of benzene rings is 1. The number of rotatable bonds is 0. The van der Waals surface area contributed by atoms with Gasteiger partial charge in [-0.1, -0.05) is 35.9 Å². The SMILES string of the molecule is Cc1ccccc1.[N-]=[N+]=N. The van der Waals surface area contributed by atoms with Crippen LogP contribution in [0.1, 0.15) is 5.56 Å². The van der Waals surface area contributed by atoms with Crippen LogP contribution in [-0.4, -0.2) is 0 Å². The fraction of sp³-hybridized carbons (Fsp3) is 0.143. The first-order valence-corrected chi connectivity index (χ1v) is 2.83. The highest BCUT2D eigenvalue weighted by Crippen LogP contribution is 1.92. The molecule has 0 bridgehead atoms. The van der Waals surface area contributed by atoms with E-state index >= 15 is 0 Å². The van der Waals surface area contributed by atoms with E-state index in [0.29, 0.717) is 0 Å². The van der Waals surface area contributed by atoms with E-state index in [1.165, 1.54) is 5.56 Å². The second-order valence-corrected chi connectivity index (χ2v) is 1.75. The van der Waals surface area contributed by atoms with Crippen LogP contribution < -0.4 is 0 Å². The zero-order valence-corrected chi connectivity index (χ0v) is 5.78. The van der Waals surface area contributed by atoms with E-state index in [9.17, 15) is 0 Å². The molecule has 0 fully saturated rings. The van der Waals surface area contributed by atoms with Gasteiger partial charge in [0.25, 0.3) is 0 Å². The van der Waals surface area contributed by atoms with Gasteiger partial charge in [0.2, 0.25) is 0 Å². The number of nitrogens with one attached hydrogen (secondary N) is 1. The first kappa shape index (κ1) is 8.53. The monoisotopic (exact) mass is 135 g/mol. The Morgan fingerprint density at radius 1 is 1.30 bits per heavy atom. The van der Waals surface area contributed by atoms with Crippen LogP contribution in [0.25, 0.3) is 10.4 Å². The van der Waals surface area contributed by atoms with Crippen LogP contribution in [-0.2, 0) is 0 Å². The largest absolute Gasteiger partial charge is 0.108 e. The molecule has 1 aromatic carbocycles. The van der Waals surface area contributed by atoms with E-state index in [0.717, 1.165) is 0 Å². The quantitative estimate of drug-likeness (QED) is 0.323. The van der Waals surface area contributed by atoms with Gasteiger partial charge in [0.15, 0.2) is 0 Å². The molecule has 0 spiro atoms. The number of aryl methyl sites for hydroxylation is 1. The van der Waals surface area contributed by atoms with Gasteiger partial charge in [-0.25, -0.2) is 0 Å². The molecule has 1 N–H and O–H groups in total. The Bertz CT molecular complexity index is 199. The number of hydrogen-bond donors (Lipinski definition) is 1. The number of hydrogen-bond acceptors (Lipinski definition) is 1. The van der Waals surface area contributed by atoms with Gasteiger partial charge in [-0.3, -0.25) is 0 Å². The molecule has 0 radical (unpaired) electrons. The molecule has 0 unspecified atom stereocenters. The van der Waals surface area contributed by atoms with Crippen LogP contribution in [0.3, 0.4) is 0 Å². The Kier molecular flexibility index (Phi) is 4.83. The third-order valence-electron chi connectivity index (χ3n) is 0.940. The Balaban J connectivity index is 0.000000236. The zero-order chi connectivity index (χ0) is 7.82. The Morgan fingerprint density at radius 3 is 1.90 bits per heavy atom. The van der Waals surface area contributed by atoms with Crippen molar-refractivity contribution in [2.24, 2.45) is 0 Å². The highest BCUT2D eigenvalue weighted by Gasteiger charge is 1.72. The second-order valence-electron chi connectivity index (χ2n) is 1.75. The van der Waals surface area contributed by atoms with Crippen LogP contribution in [0.5, 0.6) is 0 Å². The van der Waals surface area contributed by atoms with Crippen LogP contribution in [0.15, 0.2) is 30.3 Å². The van der Waals surface area contributed by atoms with Crippen molar-refractivity contribution in [1.29, 1.82) is 5.53 Å². The van der Waals surface area contributed by atoms with E-state index in [1.807, 2.05) is 18.2 Å². The van der Waals surface area contributed by atoms with Crippen LogP contribution in [0.4, 0.5) is 0 Å². The lowest BCUT2D eigenvalue weighted by molar-refractivity contribution is 1.45. The minimum atomic E-state index is 1.32. The van der Waals surface area contributed by atoms with Crippen molar-refractivity contribution in [3.63, 3.8) is 0 Å². The molecule has 0 heterocycles. The molecule has 0 saturated heterocycles. The maximum Gasteiger partial charge on any atom is -0.00208 e. The zero-order valence-electron chi connectivity index (χ0n) is 5.78. The minimum Gasteiger partial charge on any atom is -0.108 e. The van der Waals surface area contributed by atoms with Crippen LogP contribution in [0.2, 0.25) is 0 Å². The highest BCUT2D eigenvalue weighted by atomic mass is 15.0. The van der Waals surface area contributed by atoms with E-state index < -0.39 is 0 Å². The summed E-state index contributed by atoms with van der Waals surface area (Å²) in [5.41, 5.74) is 13.6. The summed E-state index contributed by atoms with van der Waals surface area (Å²) in [6.45, 7) is 2.08. The molecular formula is C7H9N3. The standard InChI is InChI=1S/C7H8.HN3/c1-7-5-3-2-4-6-7;1-3-2/h2-6H,1H3;1H. The van der Waals surface area contributed by atoms with Crippen molar-refractivity contribution < 1.29 is 0 Å². The molecule has 52 valence electrons. The molecular weight excluding hydrogens is 126 g/mol. The van der Waals surface area contributed by atoms with E-state index in [1.54, 1.807) is 4.91 Å². The second kappa shape index (κ2) is 5.66. The first-order valence-electron chi connectivity index (χ1n) is 2.83. The fourth-order valence-corrected chi connectivity index (χ4v) is 0.534. The lowest BCUT2D eigenvalue weighted by Gasteiger charge is -1.82. The summed E-state index contributed by atoms with van der Waals surface area (Å²) in [5.74, 6) is 0. The van der Waals surface area contributed by atoms with Gasteiger partial charge in [0.05, 0.1) is 0 Å².